The van der Waals surface area contributed by atoms with Crippen molar-refractivity contribution in [1.82, 2.24) is 15.2 Å². The molecule has 30 heavy (non-hydrogen) atoms. The second kappa shape index (κ2) is 7.97. The second-order valence-corrected chi connectivity index (χ2v) is 9.09. The first-order chi connectivity index (χ1) is 14.3. The molecule has 2 aromatic carbocycles. The number of halogens is 2. The van der Waals surface area contributed by atoms with E-state index in [9.17, 15) is 17.6 Å². The molecule has 0 aliphatic rings. The molecule has 0 bridgehead atoms. The number of rotatable bonds is 6. The number of nitrogens with one attached hydrogen (secondary N) is 1. The molecule has 0 radical (unpaired) electrons. The number of nitrogens with zero attached hydrogens (tertiary/aromatic N) is 2. The summed E-state index contributed by atoms with van der Waals surface area (Å²) in [4.78, 5) is 16.4. The average Bonchev–Trinajstić information content (AvgIpc) is 3.19. The Bertz CT molecular complexity index is 1330. The summed E-state index contributed by atoms with van der Waals surface area (Å²) < 4.78 is 38.9. The molecule has 4 aromatic rings. The van der Waals surface area contributed by atoms with E-state index in [1.54, 1.807) is 24.4 Å². The zero-order valence-corrected chi connectivity index (χ0v) is 17.0. The fourth-order valence-electron chi connectivity index (χ4n) is 3.05. The van der Waals surface area contributed by atoms with Gasteiger partial charge in [0.15, 0.2) is 11.4 Å². The monoisotopic (exact) mass is 443 g/mol. The van der Waals surface area contributed by atoms with E-state index in [-0.39, 0.29) is 27.0 Å². The van der Waals surface area contributed by atoms with Crippen molar-refractivity contribution in [3.05, 3.63) is 82.9 Å². The number of hydrogen-bond donors (Lipinski definition) is 1. The maximum atomic E-state index is 13.5. The van der Waals surface area contributed by atoms with Crippen LogP contribution in [0.1, 0.15) is 22.3 Å². The molecule has 0 aliphatic heterocycles. The lowest BCUT2D eigenvalue weighted by atomic mass is 10.0. The molecule has 6 nitrogen and oxygen atoms in total. The van der Waals surface area contributed by atoms with E-state index in [1.807, 2.05) is 0 Å². The van der Waals surface area contributed by atoms with Gasteiger partial charge in [0.2, 0.25) is 9.84 Å². The van der Waals surface area contributed by atoms with Crippen LogP contribution in [0.4, 0.5) is 4.39 Å². The largest absolute Gasteiger partial charge is 0.294 e. The van der Waals surface area contributed by atoms with Crippen LogP contribution in [-0.2, 0) is 16.3 Å². The van der Waals surface area contributed by atoms with Gasteiger partial charge in [0, 0.05) is 28.6 Å². The summed E-state index contributed by atoms with van der Waals surface area (Å²) in [5, 5.41) is 7.37. The van der Waals surface area contributed by atoms with Crippen molar-refractivity contribution in [3.63, 3.8) is 0 Å². The highest BCUT2D eigenvalue weighted by atomic mass is 35.5. The van der Waals surface area contributed by atoms with Crippen LogP contribution < -0.4 is 0 Å². The molecule has 9 heteroatoms. The number of benzene rings is 2. The number of carbonyl (C=O) groups is 1. The zero-order chi connectivity index (χ0) is 21.3. The van der Waals surface area contributed by atoms with Crippen LogP contribution in [0.3, 0.4) is 0 Å². The Kier molecular flexibility index (Phi) is 5.36. The molecule has 0 saturated carbocycles. The Balaban J connectivity index is 1.47. The Morgan fingerprint density at radius 1 is 1.03 bits per heavy atom. The van der Waals surface area contributed by atoms with Crippen LogP contribution >= 0.6 is 11.6 Å². The van der Waals surface area contributed by atoms with Gasteiger partial charge in [0.05, 0.1) is 16.0 Å². The summed E-state index contributed by atoms with van der Waals surface area (Å²) in [6.45, 7) is 0. The first-order valence-electron chi connectivity index (χ1n) is 8.95. The fourth-order valence-corrected chi connectivity index (χ4v) is 4.65. The van der Waals surface area contributed by atoms with Gasteiger partial charge in [-0.25, -0.2) is 17.8 Å². The number of carbonyl (C=O) groups excluding carboxylic acids is 1. The maximum absolute atomic E-state index is 13.5. The lowest BCUT2D eigenvalue weighted by molar-refractivity contribution is 0.0982. The number of aromatic nitrogens is 3. The van der Waals surface area contributed by atoms with Gasteiger partial charge in [-0.05, 0) is 48.4 Å². The molecular formula is C21H15ClFN3O3S. The molecule has 4 rings (SSSR count). The van der Waals surface area contributed by atoms with Crippen molar-refractivity contribution in [2.24, 2.45) is 0 Å². The van der Waals surface area contributed by atoms with Gasteiger partial charge in [-0.1, -0.05) is 23.7 Å². The fraction of sp³-hybridized carbons (Fsp3) is 0.0952. The third kappa shape index (κ3) is 4.10. The topological polar surface area (TPSA) is 92.8 Å². The highest BCUT2D eigenvalue weighted by molar-refractivity contribution is 7.91. The summed E-state index contributed by atoms with van der Waals surface area (Å²) >= 11 is 5.77. The smallest absolute Gasteiger partial charge is 0.206 e. The van der Waals surface area contributed by atoms with Gasteiger partial charge in [-0.15, -0.1) is 0 Å². The molecule has 0 atom stereocenters. The van der Waals surface area contributed by atoms with Crippen molar-refractivity contribution in [2.45, 2.75) is 22.6 Å². The molecular weight excluding hydrogens is 429 g/mol. The van der Waals surface area contributed by atoms with Crippen LogP contribution in [-0.4, -0.2) is 29.4 Å². The Morgan fingerprint density at radius 3 is 2.53 bits per heavy atom. The molecule has 0 aliphatic carbocycles. The zero-order valence-electron chi connectivity index (χ0n) is 15.5. The van der Waals surface area contributed by atoms with Crippen LogP contribution in [0, 0.1) is 5.82 Å². The summed E-state index contributed by atoms with van der Waals surface area (Å²) in [5.41, 5.74) is 1.91. The van der Waals surface area contributed by atoms with Gasteiger partial charge in [0.25, 0.3) is 0 Å². The van der Waals surface area contributed by atoms with E-state index in [4.69, 9.17) is 11.6 Å². The number of hydrogen-bond acceptors (Lipinski definition) is 5. The van der Waals surface area contributed by atoms with Crippen LogP contribution in [0.5, 0.6) is 0 Å². The van der Waals surface area contributed by atoms with Crippen molar-refractivity contribution in [2.75, 3.05) is 0 Å². The van der Waals surface area contributed by atoms with Gasteiger partial charge >= 0.3 is 0 Å². The number of pyridine rings is 1. The molecule has 0 amide bonds. The summed E-state index contributed by atoms with van der Waals surface area (Å²) in [5.74, 6) is -0.795. The first kappa shape index (κ1) is 20.2. The molecule has 2 aromatic heterocycles. The summed E-state index contributed by atoms with van der Waals surface area (Å²) in [6.07, 6.45) is 3.79. The van der Waals surface area contributed by atoms with Gasteiger partial charge in [0.1, 0.15) is 5.82 Å². The number of aromatic amines is 1. The minimum absolute atomic E-state index is 0.00630. The first-order valence-corrected chi connectivity index (χ1v) is 10.8. The predicted octanol–water partition coefficient (Wildman–Crippen LogP) is 4.40. The van der Waals surface area contributed by atoms with Crippen molar-refractivity contribution in [1.29, 1.82) is 0 Å². The van der Waals surface area contributed by atoms with Crippen molar-refractivity contribution in [3.8, 4) is 0 Å². The highest BCUT2D eigenvalue weighted by Crippen LogP contribution is 2.25. The third-order valence-electron chi connectivity index (χ3n) is 4.63. The number of H-pyrrole nitrogens is 1. The quantitative estimate of drug-likeness (QED) is 0.446. The SMILES string of the molecule is O=C(CCc1ccc(S(=O)(=O)c2cc(F)cc(Cl)c2)cc1)c1cnc2[nH]ncc2c1. The van der Waals surface area contributed by atoms with E-state index >= 15 is 0 Å². The minimum atomic E-state index is -3.90. The van der Waals surface area contributed by atoms with Crippen LogP contribution in [0.2, 0.25) is 5.02 Å². The number of ketones is 1. The van der Waals surface area contributed by atoms with Gasteiger partial charge in [-0.3, -0.25) is 9.89 Å². The predicted molar refractivity (Wildman–Crippen MR) is 110 cm³/mol. The van der Waals surface area contributed by atoms with E-state index in [0.717, 1.165) is 23.1 Å². The third-order valence-corrected chi connectivity index (χ3v) is 6.60. The summed E-state index contributed by atoms with van der Waals surface area (Å²) in [6, 6.07) is 11.1. The number of fused-ring (bicyclic) bond motifs is 1. The van der Waals surface area contributed by atoms with Gasteiger partial charge < -0.3 is 0 Å². The standard InChI is InChI=1S/C21H15ClFN3O3S/c22-16-8-17(23)10-19(9-16)30(28,29)18-4-1-13(2-5-18)3-6-20(27)14-7-15-12-25-26-21(15)24-11-14/h1-2,4-5,7-12H,3,6H2,(H,24,25,26). The highest BCUT2D eigenvalue weighted by Gasteiger charge is 2.19. The molecule has 1 N–H and O–H groups in total. The average molecular weight is 444 g/mol. The molecule has 0 unspecified atom stereocenters. The van der Waals surface area contributed by atoms with Crippen LogP contribution in [0.15, 0.2) is 70.7 Å². The van der Waals surface area contributed by atoms with Crippen molar-refractivity contribution >= 4 is 38.3 Å². The lowest BCUT2D eigenvalue weighted by Crippen LogP contribution is -2.04. The minimum Gasteiger partial charge on any atom is -0.294 e. The lowest BCUT2D eigenvalue weighted by Gasteiger charge is -2.07. The van der Waals surface area contributed by atoms with E-state index < -0.39 is 15.7 Å². The molecule has 0 fully saturated rings. The maximum Gasteiger partial charge on any atom is 0.206 e. The molecule has 0 spiro atoms. The molecule has 0 saturated heterocycles. The molecule has 152 valence electrons. The Hall–Kier alpha value is -3.10. The Labute approximate surface area is 176 Å². The van der Waals surface area contributed by atoms with Gasteiger partial charge in [-0.2, -0.15) is 5.10 Å². The normalized spacial score (nSPS) is 11.7. The summed E-state index contributed by atoms with van der Waals surface area (Å²) in [7, 11) is -3.90. The van der Waals surface area contributed by atoms with E-state index in [2.05, 4.69) is 15.2 Å². The molecule has 2 heterocycles. The number of aryl methyl sites for hydroxylation is 1. The number of Topliss-reactive ketones (excluding diaryl/α,β-unsaturated/α-hetero) is 1. The van der Waals surface area contributed by atoms with E-state index in [1.165, 1.54) is 24.4 Å². The Morgan fingerprint density at radius 2 is 1.80 bits per heavy atom. The van der Waals surface area contributed by atoms with Crippen molar-refractivity contribution < 1.29 is 17.6 Å². The number of sulfone groups is 1. The second-order valence-electron chi connectivity index (χ2n) is 6.71. The van der Waals surface area contributed by atoms with Crippen LogP contribution in [0.25, 0.3) is 11.0 Å². The van der Waals surface area contributed by atoms with E-state index in [0.29, 0.717) is 17.6 Å².